The Morgan fingerprint density at radius 2 is 1.78 bits per heavy atom. The van der Waals surface area contributed by atoms with E-state index in [2.05, 4.69) is 10.1 Å². The highest BCUT2D eigenvalue weighted by Gasteiger charge is 2.23. The Morgan fingerprint density at radius 3 is 2.41 bits per heavy atom. The average Bonchev–Trinajstić information content (AvgIpc) is 3.11. The van der Waals surface area contributed by atoms with E-state index in [4.69, 9.17) is 20.9 Å². The number of ether oxygens (including phenoxy) is 1. The molecule has 7 nitrogen and oxygen atoms in total. The van der Waals surface area contributed by atoms with Crippen LogP contribution in [0.5, 0.6) is 5.75 Å². The summed E-state index contributed by atoms with van der Waals surface area (Å²) in [7, 11) is -2.24. The molecule has 0 aliphatic rings. The minimum atomic E-state index is -3.69. The number of nitrogens with zero attached hydrogens (tertiary/aromatic N) is 3. The van der Waals surface area contributed by atoms with E-state index in [9.17, 15) is 8.42 Å². The lowest BCUT2D eigenvalue weighted by Gasteiger charge is -2.14. The fourth-order valence-electron chi connectivity index (χ4n) is 2.37. The van der Waals surface area contributed by atoms with E-state index >= 15 is 0 Å². The molecule has 0 fully saturated rings. The molecule has 0 N–H and O–H groups in total. The zero-order valence-corrected chi connectivity index (χ0v) is 16.4. The molecular formula is C18H18ClN3O4S. The molecule has 0 spiro atoms. The molecule has 0 unspecified atom stereocenters. The standard InChI is InChI=1S/C18H18ClN3O4S/c1-3-25-15-8-4-13(5-9-15)18-20-17(26-21-18)12-22(2)27(23,24)16-10-6-14(19)7-11-16/h4-11H,3,12H2,1-2H3. The van der Waals surface area contributed by atoms with Crippen LogP contribution in [0.1, 0.15) is 12.8 Å². The minimum Gasteiger partial charge on any atom is -0.494 e. The number of sulfonamides is 1. The summed E-state index contributed by atoms with van der Waals surface area (Å²) in [6.45, 7) is 2.45. The van der Waals surface area contributed by atoms with E-state index in [1.807, 2.05) is 31.2 Å². The summed E-state index contributed by atoms with van der Waals surface area (Å²) in [5.41, 5.74) is 0.747. The summed E-state index contributed by atoms with van der Waals surface area (Å²) >= 11 is 5.81. The molecule has 0 bridgehead atoms. The van der Waals surface area contributed by atoms with Crippen molar-refractivity contribution in [3.05, 3.63) is 59.4 Å². The van der Waals surface area contributed by atoms with Gasteiger partial charge >= 0.3 is 0 Å². The van der Waals surface area contributed by atoms with Crippen LogP contribution in [0.25, 0.3) is 11.4 Å². The van der Waals surface area contributed by atoms with Crippen molar-refractivity contribution in [3.8, 4) is 17.1 Å². The normalized spacial score (nSPS) is 11.7. The number of rotatable bonds is 7. The molecular weight excluding hydrogens is 390 g/mol. The van der Waals surface area contributed by atoms with E-state index in [0.29, 0.717) is 17.5 Å². The van der Waals surface area contributed by atoms with Crippen LogP contribution in [-0.2, 0) is 16.6 Å². The van der Waals surface area contributed by atoms with Gasteiger partial charge in [0, 0.05) is 17.6 Å². The molecule has 0 saturated heterocycles. The Labute approximate surface area is 162 Å². The van der Waals surface area contributed by atoms with Gasteiger partial charge in [0.05, 0.1) is 18.0 Å². The number of halogens is 1. The Balaban J connectivity index is 1.74. The van der Waals surface area contributed by atoms with Crippen LogP contribution in [0.2, 0.25) is 5.02 Å². The maximum Gasteiger partial charge on any atom is 0.243 e. The van der Waals surface area contributed by atoms with Gasteiger partial charge in [-0.2, -0.15) is 9.29 Å². The van der Waals surface area contributed by atoms with Crippen LogP contribution in [0.15, 0.2) is 57.9 Å². The van der Waals surface area contributed by atoms with Crippen molar-refractivity contribution in [3.63, 3.8) is 0 Å². The molecule has 0 amide bonds. The molecule has 1 aromatic heterocycles. The first-order valence-electron chi connectivity index (χ1n) is 8.18. The third-order valence-electron chi connectivity index (χ3n) is 3.77. The van der Waals surface area contributed by atoms with Crippen LogP contribution >= 0.6 is 11.6 Å². The number of hydrogen-bond donors (Lipinski definition) is 0. The first-order chi connectivity index (χ1) is 12.9. The predicted molar refractivity (Wildman–Crippen MR) is 101 cm³/mol. The molecule has 3 aromatic rings. The highest BCUT2D eigenvalue weighted by atomic mass is 35.5. The molecule has 0 atom stereocenters. The second-order valence-electron chi connectivity index (χ2n) is 5.68. The largest absolute Gasteiger partial charge is 0.494 e. The lowest BCUT2D eigenvalue weighted by Crippen LogP contribution is -2.26. The van der Waals surface area contributed by atoms with Gasteiger partial charge in [0.2, 0.25) is 21.7 Å². The lowest BCUT2D eigenvalue weighted by molar-refractivity contribution is 0.336. The molecule has 2 aromatic carbocycles. The zero-order valence-electron chi connectivity index (χ0n) is 14.8. The van der Waals surface area contributed by atoms with Gasteiger partial charge in [0.25, 0.3) is 0 Å². The number of aromatic nitrogens is 2. The SMILES string of the molecule is CCOc1ccc(-c2noc(CN(C)S(=O)(=O)c3ccc(Cl)cc3)n2)cc1. The monoisotopic (exact) mass is 407 g/mol. The van der Waals surface area contributed by atoms with Crippen LogP contribution in [0.3, 0.4) is 0 Å². The van der Waals surface area contributed by atoms with Gasteiger partial charge in [-0.25, -0.2) is 8.42 Å². The highest BCUT2D eigenvalue weighted by Crippen LogP contribution is 2.22. The fourth-order valence-corrected chi connectivity index (χ4v) is 3.61. The fraction of sp³-hybridized carbons (Fsp3) is 0.222. The Morgan fingerprint density at radius 1 is 1.11 bits per heavy atom. The van der Waals surface area contributed by atoms with Crippen molar-refractivity contribution in [2.24, 2.45) is 0 Å². The maximum absolute atomic E-state index is 12.6. The van der Waals surface area contributed by atoms with Crippen LogP contribution in [0, 0.1) is 0 Å². The van der Waals surface area contributed by atoms with E-state index in [-0.39, 0.29) is 17.3 Å². The van der Waals surface area contributed by atoms with Crippen LogP contribution < -0.4 is 4.74 Å². The number of benzene rings is 2. The third kappa shape index (κ3) is 4.47. The molecule has 0 aliphatic heterocycles. The summed E-state index contributed by atoms with van der Waals surface area (Å²) < 4.78 is 36.9. The predicted octanol–water partition coefficient (Wildman–Crippen LogP) is 3.61. The summed E-state index contributed by atoms with van der Waals surface area (Å²) in [5, 5.41) is 4.38. The molecule has 9 heteroatoms. The molecule has 3 rings (SSSR count). The van der Waals surface area contributed by atoms with Gasteiger partial charge in [-0.05, 0) is 55.5 Å². The second kappa shape index (κ2) is 8.08. The van der Waals surface area contributed by atoms with Crippen molar-refractivity contribution < 1.29 is 17.7 Å². The van der Waals surface area contributed by atoms with Crippen molar-refractivity contribution in [1.29, 1.82) is 0 Å². The first kappa shape index (κ1) is 19.3. The van der Waals surface area contributed by atoms with E-state index in [0.717, 1.165) is 15.6 Å². The average molecular weight is 408 g/mol. The van der Waals surface area contributed by atoms with E-state index < -0.39 is 10.0 Å². The molecule has 27 heavy (non-hydrogen) atoms. The maximum atomic E-state index is 12.6. The Bertz CT molecular complexity index is 1000. The summed E-state index contributed by atoms with van der Waals surface area (Å²) in [6, 6.07) is 13.2. The van der Waals surface area contributed by atoms with Crippen LogP contribution in [0.4, 0.5) is 0 Å². The van der Waals surface area contributed by atoms with E-state index in [1.165, 1.54) is 31.3 Å². The van der Waals surface area contributed by atoms with Crippen molar-refractivity contribution in [2.45, 2.75) is 18.4 Å². The molecule has 0 aliphatic carbocycles. The summed E-state index contributed by atoms with van der Waals surface area (Å²) in [6.07, 6.45) is 0. The van der Waals surface area contributed by atoms with Crippen molar-refractivity contribution in [2.75, 3.05) is 13.7 Å². The van der Waals surface area contributed by atoms with Gasteiger partial charge in [0.1, 0.15) is 5.75 Å². The van der Waals surface area contributed by atoms with Crippen molar-refractivity contribution in [1.82, 2.24) is 14.4 Å². The Kier molecular flexibility index (Phi) is 5.79. The van der Waals surface area contributed by atoms with Gasteiger partial charge < -0.3 is 9.26 Å². The quantitative estimate of drug-likeness (QED) is 0.594. The van der Waals surface area contributed by atoms with Gasteiger partial charge in [-0.3, -0.25) is 0 Å². The van der Waals surface area contributed by atoms with Gasteiger partial charge in [-0.1, -0.05) is 16.8 Å². The highest BCUT2D eigenvalue weighted by molar-refractivity contribution is 7.89. The number of hydrogen-bond acceptors (Lipinski definition) is 6. The second-order valence-corrected chi connectivity index (χ2v) is 8.17. The van der Waals surface area contributed by atoms with Gasteiger partial charge in [-0.15, -0.1) is 0 Å². The molecule has 142 valence electrons. The third-order valence-corrected chi connectivity index (χ3v) is 5.84. The molecule has 0 saturated carbocycles. The summed E-state index contributed by atoms with van der Waals surface area (Å²) in [5.74, 6) is 1.32. The van der Waals surface area contributed by atoms with Crippen LogP contribution in [-0.4, -0.2) is 36.5 Å². The first-order valence-corrected chi connectivity index (χ1v) is 9.99. The Hall–Kier alpha value is -2.42. The smallest absolute Gasteiger partial charge is 0.243 e. The summed E-state index contributed by atoms with van der Waals surface area (Å²) in [4.78, 5) is 4.41. The molecule has 0 radical (unpaired) electrons. The minimum absolute atomic E-state index is 0.0466. The molecule has 1 heterocycles. The lowest BCUT2D eigenvalue weighted by atomic mass is 10.2. The van der Waals surface area contributed by atoms with Gasteiger partial charge in [0.15, 0.2) is 0 Å². The topological polar surface area (TPSA) is 85.5 Å². The van der Waals surface area contributed by atoms with E-state index in [1.54, 1.807) is 0 Å². The van der Waals surface area contributed by atoms with Crippen molar-refractivity contribution >= 4 is 21.6 Å². The zero-order chi connectivity index (χ0) is 19.4.